The van der Waals surface area contributed by atoms with Crippen LogP contribution in [0.4, 0.5) is 5.69 Å². The largest absolute Gasteiger partial charge is 0.493 e. The zero-order chi connectivity index (χ0) is 21.5. The van der Waals surface area contributed by atoms with Gasteiger partial charge in [-0.05, 0) is 62.9 Å². The Morgan fingerprint density at radius 1 is 1.07 bits per heavy atom. The summed E-state index contributed by atoms with van der Waals surface area (Å²) >= 11 is 0. The van der Waals surface area contributed by atoms with Gasteiger partial charge in [0.1, 0.15) is 11.6 Å². The van der Waals surface area contributed by atoms with Gasteiger partial charge in [0.2, 0.25) is 5.91 Å². The summed E-state index contributed by atoms with van der Waals surface area (Å²) in [5.41, 5.74) is 4.15. The van der Waals surface area contributed by atoms with Gasteiger partial charge in [-0.15, -0.1) is 0 Å². The lowest BCUT2D eigenvalue weighted by Crippen LogP contribution is -2.12. The van der Waals surface area contributed by atoms with E-state index in [2.05, 4.69) is 21.4 Å². The molecular weight excluding hydrogens is 378 g/mol. The Bertz CT molecular complexity index is 1090. The van der Waals surface area contributed by atoms with E-state index < -0.39 is 0 Å². The van der Waals surface area contributed by atoms with Crippen LogP contribution in [0, 0.1) is 20.8 Å². The molecular formula is C24H27N3O3. The van der Waals surface area contributed by atoms with Crippen molar-refractivity contribution in [3.05, 3.63) is 75.7 Å². The zero-order valence-corrected chi connectivity index (χ0v) is 17.6. The predicted octanol–water partition coefficient (Wildman–Crippen LogP) is 4.55. The summed E-state index contributed by atoms with van der Waals surface area (Å²) in [7, 11) is 0. The van der Waals surface area contributed by atoms with E-state index in [4.69, 9.17) is 4.74 Å². The molecule has 0 fully saturated rings. The fourth-order valence-electron chi connectivity index (χ4n) is 3.12. The third kappa shape index (κ3) is 6.04. The van der Waals surface area contributed by atoms with Gasteiger partial charge < -0.3 is 15.0 Å². The molecule has 0 radical (unpaired) electrons. The molecule has 6 heteroatoms. The monoisotopic (exact) mass is 405 g/mol. The molecule has 0 aliphatic rings. The highest BCUT2D eigenvalue weighted by Gasteiger charge is 2.07. The average molecular weight is 405 g/mol. The lowest BCUT2D eigenvalue weighted by Gasteiger charge is -2.10. The molecule has 0 aliphatic heterocycles. The zero-order valence-electron chi connectivity index (χ0n) is 17.6. The van der Waals surface area contributed by atoms with Crippen LogP contribution in [-0.2, 0) is 4.79 Å². The van der Waals surface area contributed by atoms with Crippen LogP contribution in [0.1, 0.15) is 36.1 Å². The molecule has 0 aliphatic carbocycles. The van der Waals surface area contributed by atoms with Gasteiger partial charge in [0.25, 0.3) is 5.56 Å². The number of carbonyl (C=O) groups excluding carboxylic acids is 1. The minimum Gasteiger partial charge on any atom is -0.493 e. The summed E-state index contributed by atoms with van der Waals surface area (Å²) in [4.78, 5) is 31.0. The number of unbranched alkanes of at least 4 members (excludes halogenated alkanes) is 1. The number of aryl methyl sites for hydroxylation is 3. The molecule has 1 heterocycles. The van der Waals surface area contributed by atoms with E-state index in [0.717, 1.165) is 29.7 Å². The molecule has 2 aromatic carbocycles. The molecule has 1 aromatic heterocycles. The summed E-state index contributed by atoms with van der Waals surface area (Å²) < 4.78 is 5.83. The molecule has 0 saturated carbocycles. The third-order valence-corrected chi connectivity index (χ3v) is 4.69. The van der Waals surface area contributed by atoms with E-state index in [1.54, 1.807) is 13.0 Å². The van der Waals surface area contributed by atoms with Crippen molar-refractivity contribution in [3.63, 3.8) is 0 Å². The van der Waals surface area contributed by atoms with Crippen LogP contribution in [0.15, 0.2) is 53.3 Å². The van der Waals surface area contributed by atoms with Crippen LogP contribution in [0.5, 0.6) is 5.75 Å². The van der Waals surface area contributed by atoms with E-state index >= 15 is 0 Å². The number of hydrogen-bond acceptors (Lipinski definition) is 4. The summed E-state index contributed by atoms with van der Waals surface area (Å²) in [6.45, 7) is 6.42. The van der Waals surface area contributed by atoms with Crippen molar-refractivity contribution in [2.24, 2.45) is 0 Å². The standard InChI is InChI=1S/C24H27N3O3/c1-16-10-11-17(2)21(13-16)30-12-5-4-9-22(28)26-20-8-6-7-19(15-20)24-25-18(3)14-23(29)27-24/h6-8,10-11,13-15H,4-5,9,12H2,1-3H3,(H,26,28)(H,25,27,29). The molecule has 0 spiro atoms. The van der Waals surface area contributed by atoms with Gasteiger partial charge in [0.05, 0.1) is 6.61 Å². The van der Waals surface area contributed by atoms with Crippen molar-refractivity contribution in [2.75, 3.05) is 11.9 Å². The highest BCUT2D eigenvalue weighted by molar-refractivity contribution is 5.91. The number of hydrogen-bond donors (Lipinski definition) is 2. The van der Waals surface area contributed by atoms with Gasteiger partial charge in [0.15, 0.2) is 0 Å². The van der Waals surface area contributed by atoms with Gasteiger partial charge in [-0.25, -0.2) is 4.98 Å². The highest BCUT2D eigenvalue weighted by Crippen LogP contribution is 2.20. The van der Waals surface area contributed by atoms with Crippen molar-refractivity contribution in [1.82, 2.24) is 9.97 Å². The Kier molecular flexibility index (Phi) is 7.01. The normalized spacial score (nSPS) is 10.6. The first-order chi connectivity index (χ1) is 14.4. The minimum atomic E-state index is -0.199. The predicted molar refractivity (Wildman–Crippen MR) is 119 cm³/mol. The fourth-order valence-corrected chi connectivity index (χ4v) is 3.12. The first kappa shape index (κ1) is 21.3. The molecule has 156 valence electrons. The summed E-state index contributed by atoms with van der Waals surface area (Å²) in [6.07, 6.45) is 1.96. The van der Waals surface area contributed by atoms with Crippen molar-refractivity contribution in [3.8, 4) is 17.1 Å². The molecule has 0 bridgehead atoms. The molecule has 30 heavy (non-hydrogen) atoms. The van der Waals surface area contributed by atoms with Crippen molar-refractivity contribution >= 4 is 11.6 Å². The Morgan fingerprint density at radius 2 is 1.90 bits per heavy atom. The summed E-state index contributed by atoms with van der Waals surface area (Å²) in [5, 5.41) is 2.91. The number of ether oxygens (including phenoxy) is 1. The number of nitrogens with zero attached hydrogens (tertiary/aromatic N) is 1. The van der Waals surface area contributed by atoms with E-state index in [1.807, 2.05) is 44.2 Å². The number of carbonyl (C=O) groups is 1. The molecule has 6 nitrogen and oxygen atoms in total. The van der Waals surface area contributed by atoms with Gasteiger partial charge in [-0.2, -0.15) is 0 Å². The molecule has 3 aromatic rings. The maximum Gasteiger partial charge on any atom is 0.251 e. The second-order valence-corrected chi connectivity index (χ2v) is 7.44. The van der Waals surface area contributed by atoms with Crippen LogP contribution in [0.25, 0.3) is 11.4 Å². The van der Waals surface area contributed by atoms with Crippen molar-refractivity contribution in [2.45, 2.75) is 40.0 Å². The second-order valence-electron chi connectivity index (χ2n) is 7.44. The van der Waals surface area contributed by atoms with Gasteiger partial charge in [0, 0.05) is 29.4 Å². The van der Waals surface area contributed by atoms with E-state index in [-0.39, 0.29) is 11.5 Å². The number of anilines is 1. The Labute approximate surface area is 176 Å². The fraction of sp³-hybridized carbons (Fsp3) is 0.292. The molecule has 0 unspecified atom stereocenters. The Morgan fingerprint density at radius 3 is 2.70 bits per heavy atom. The van der Waals surface area contributed by atoms with Gasteiger partial charge >= 0.3 is 0 Å². The lowest BCUT2D eigenvalue weighted by atomic mass is 10.1. The SMILES string of the molecule is Cc1ccc(C)c(OCCCCC(=O)Nc2cccc(-c3nc(C)cc(=O)[nH]3)c2)c1. The van der Waals surface area contributed by atoms with Gasteiger partial charge in [-0.3, -0.25) is 9.59 Å². The number of benzene rings is 2. The number of aromatic nitrogens is 2. The molecule has 1 amide bonds. The second kappa shape index (κ2) is 9.87. The smallest absolute Gasteiger partial charge is 0.251 e. The third-order valence-electron chi connectivity index (χ3n) is 4.69. The molecule has 3 rings (SSSR count). The molecule has 0 saturated heterocycles. The maximum absolute atomic E-state index is 12.3. The molecule has 0 atom stereocenters. The van der Waals surface area contributed by atoms with Crippen molar-refractivity contribution in [1.29, 1.82) is 0 Å². The van der Waals surface area contributed by atoms with E-state index in [1.165, 1.54) is 11.6 Å². The first-order valence-electron chi connectivity index (χ1n) is 10.1. The number of nitrogens with one attached hydrogen (secondary N) is 2. The number of H-pyrrole nitrogens is 1. The van der Waals surface area contributed by atoms with Crippen LogP contribution >= 0.6 is 0 Å². The van der Waals surface area contributed by atoms with E-state index in [9.17, 15) is 9.59 Å². The maximum atomic E-state index is 12.3. The lowest BCUT2D eigenvalue weighted by molar-refractivity contribution is -0.116. The highest BCUT2D eigenvalue weighted by atomic mass is 16.5. The summed E-state index contributed by atoms with van der Waals surface area (Å²) in [5.74, 6) is 1.34. The Balaban J connectivity index is 1.48. The average Bonchev–Trinajstić information content (AvgIpc) is 2.69. The van der Waals surface area contributed by atoms with Crippen LogP contribution in [0.3, 0.4) is 0 Å². The minimum absolute atomic E-state index is 0.0513. The van der Waals surface area contributed by atoms with Crippen LogP contribution in [-0.4, -0.2) is 22.5 Å². The van der Waals surface area contributed by atoms with Crippen LogP contribution < -0.4 is 15.6 Å². The number of aromatic amines is 1. The first-order valence-corrected chi connectivity index (χ1v) is 10.1. The molecule has 2 N–H and O–H groups in total. The summed E-state index contributed by atoms with van der Waals surface area (Å²) in [6, 6.07) is 14.9. The van der Waals surface area contributed by atoms with Crippen LogP contribution in [0.2, 0.25) is 0 Å². The Hall–Kier alpha value is -3.41. The van der Waals surface area contributed by atoms with Gasteiger partial charge in [-0.1, -0.05) is 24.3 Å². The number of rotatable bonds is 8. The topological polar surface area (TPSA) is 84.1 Å². The quantitative estimate of drug-likeness (QED) is 0.539. The number of amides is 1. The van der Waals surface area contributed by atoms with Crippen molar-refractivity contribution < 1.29 is 9.53 Å². The van der Waals surface area contributed by atoms with E-state index in [0.29, 0.717) is 30.2 Å².